The van der Waals surface area contributed by atoms with E-state index in [1.807, 2.05) is 55.5 Å². The molecule has 0 radical (unpaired) electrons. The van der Waals surface area contributed by atoms with E-state index in [1.165, 1.54) is 12.3 Å². The molecule has 2 aliphatic heterocycles. The molecule has 2 unspecified atom stereocenters. The number of carbonyl (C=O) groups excluding carboxylic acids is 5. The molecule has 3 aromatic heterocycles. The van der Waals surface area contributed by atoms with Crippen LogP contribution in [0, 0.1) is 37.4 Å². The van der Waals surface area contributed by atoms with Gasteiger partial charge in [-0.25, -0.2) is 23.5 Å². The Balaban J connectivity index is 0.826. The average molecular weight is 1280 g/mol. The number of nitrogens with one attached hydrogen (secondary N) is 3. The first kappa shape index (κ1) is 70.0. The summed E-state index contributed by atoms with van der Waals surface area (Å²) in [4.78, 5) is 101. The number of aliphatic imine (C=N–C) groups is 1. The lowest BCUT2D eigenvalue weighted by Crippen LogP contribution is -2.47. The van der Waals surface area contributed by atoms with Crippen LogP contribution in [-0.2, 0) is 53.0 Å². The Kier molecular flexibility index (Phi) is 26.6. The van der Waals surface area contributed by atoms with Crippen molar-refractivity contribution < 1.29 is 51.9 Å². The van der Waals surface area contributed by atoms with Gasteiger partial charge in [-0.1, -0.05) is 31.1 Å². The molecule has 5 N–H and O–H groups in total. The molecule has 3 atom stereocenters. The minimum atomic E-state index is -1.05. The topological polar surface area (TPSA) is 306 Å². The largest absolute Gasteiger partial charge is 0.445 e. The minimum absolute atomic E-state index is 0.0283. The predicted molar refractivity (Wildman–Crippen MR) is 353 cm³/mol. The van der Waals surface area contributed by atoms with E-state index < -0.39 is 47.6 Å². The quantitative estimate of drug-likeness (QED) is 0.00767. The van der Waals surface area contributed by atoms with Gasteiger partial charge in [-0.3, -0.25) is 29.1 Å². The lowest BCUT2D eigenvalue weighted by atomic mass is 9.95. The van der Waals surface area contributed by atoms with Gasteiger partial charge in [-0.2, -0.15) is 0 Å². The molecular formula is C67H89FN15O10+. The fourth-order valence-electron chi connectivity index (χ4n) is 11.5. The van der Waals surface area contributed by atoms with Gasteiger partial charge in [0.05, 0.1) is 86.5 Å². The number of anilines is 3. The van der Waals surface area contributed by atoms with Crippen molar-refractivity contribution in [3.63, 3.8) is 0 Å². The van der Waals surface area contributed by atoms with Gasteiger partial charge in [0.15, 0.2) is 18.5 Å². The molecule has 2 aromatic carbocycles. The van der Waals surface area contributed by atoms with E-state index >= 15 is 4.39 Å². The number of urea groups is 1. The number of pyridine rings is 3. The summed E-state index contributed by atoms with van der Waals surface area (Å²) in [6.07, 6.45) is 14.3. The van der Waals surface area contributed by atoms with Crippen molar-refractivity contribution in [1.82, 2.24) is 30.1 Å². The first-order valence-electron chi connectivity index (χ1n) is 32.2. The number of hydrogen-bond donors (Lipinski definition) is 4. The molecule has 26 heteroatoms. The van der Waals surface area contributed by atoms with Crippen LogP contribution in [0.15, 0.2) is 94.2 Å². The maximum absolute atomic E-state index is 16.6. The molecule has 0 spiro atoms. The van der Waals surface area contributed by atoms with E-state index in [4.69, 9.17) is 30.2 Å². The Labute approximate surface area is 541 Å². The first-order chi connectivity index (χ1) is 44.9. The summed E-state index contributed by atoms with van der Waals surface area (Å²) in [5.74, 6) is -2.93. The van der Waals surface area contributed by atoms with Crippen LogP contribution in [0.4, 0.5) is 31.0 Å². The molecule has 2 saturated heterocycles. The molecule has 3 aliphatic rings. The van der Waals surface area contributed by atoms with Crippen LogP contribution in [-0.4, -0.2) is 164 Å². The molecule has 5 heterocycles. The Morgan fingerprint density at radius 3 is 2.30 bits per heavy atom. The van der Waals surface area contributed by atoms with E-state index in [9.17, 15) is 28.8 Å². The number of aromatic nitrogens is 3. The van der Waals surface area contributed by atoms with E-state index in [0.717, 1.165) is 61.4 Å². The molecule has 498 valence electrons. The molecule has 6 amide bonds. The number of azide groups is 1. The Bertz CT molecular complexity index is 3510. The number of primary amides is 1. The van der Waals surface area contributed by atoms with Crippen molar-refractivity contribution in [3.05, 3.63) is 134 Å². The Morgan fingerprint density at radius 2 is 1.61 bits per heavy atom. The van der Waals surface area contributed by atoms with Gasteiger partial charge in [0.2, 0.25) is 17.7 Å². The van der Waals surface area contributed by atoms with Crippen molar-refractivity contribution in [1.29, 1.82) is 0 Å². The van der Waals surface area contributed by atoms with E-state index in [2.05, 4.69) is 73.3 Å². The highest BCUT2D eigenvalue weighted by Crippen LogP contribution is 2.39. The zero-order valence-electron chi connectivity index (χ0n) is 54.1. The second kappa shape index (κ2) is 35.3. The summed E-state index contributed by atoms with van der Waals surface area (Å²) in [5, 5.41) is 11.9. The number of rotatable bonds is 33. The van der Waals surface area contributed by atoms with Gasteiger partial charge in [-0.05, 0) is 131 Å². The molecule has 5 aromatic rings. The number of ether oxygens (including phenoxy) is 4. The van der Waals surface area contributed by atoms with Crippen molar-refractivity contribution in [2.24, 2.45) is 33.6 Å². The summed E-state index contributed by atoms with van der Waals surface area (Å²) in [5.41, 5.74) is 20.3. The minimum Gasteiger partial charge on any atom is -0.445 e. The smallest absolute Gasteiger partial charge is 0.410 e. The number of amides is 6. The van der Waals surface area contributed by atoms with Crippen LogP contribution >= 0.6 is 0 Å². The molecule has 1 aliphatic carbocycles. The second-order valence-corrected chi connectivity index (χ2v) is 24.4. The summed E-state index contributed by atoms with van der Waals surface area (Å²) < 4.78 is 42.9. The maximum atomic E-state index is 16.6. The van der Waals surface area contributed by atoms with Crippen molar-refractivity contribution in [3.8, 4) is 0 Å². The monoisotopic (exact) mass is 1280 g/mol. The number of benzene rings is 2. The van der Waals surface area contributed by atoms with Crippen LogP contribution in [0.25, 0.3) is 21.3 Å². The zero-order valence-corrected chi connectivity index (χ0v) is 54.1. The van der Waals surface area contributed by atoms with Gasteiger partial charge in [0.1, 0.15) is 24.7 Å². The SMILES string of the molecule is Cc1ccc(N2CCCC(C=[N+](Cc3ccnc(C)c3)Cc3cn(C4CC4)c4cc(N5CCC(N(C)C(=O)OCc6ccc(NC(=O)[C@H](CCCNC(N)=O)NC(=O)C(C=NC(=O)CCOCCOCCOCCN=[N+]=[N-])C(C)C)cc6)CC5)c(F)cc4c3=O)C2)cn1. The van der Waals surface area contributed by atoms with Gasteiger partial charge in [0, 0.05) is 110 Å². The Morgan fingerprint density at radius 1 is 0.871 bits per heavy atom. The molecule has 0 bridgehead atoms. The number of carbonyl (C=O) groups is 5. The van der Waals surface area contributed by atoms with E-state index in [1.54, 1.807) is 50.1 Å². The molecule has 1 saturated carbocycles. The van der Waals surface area contributed by atoms with Gasteiger partial charge < -0.3 is 59.9 Å². The molecule has 25 nitrogen and oxygen atoms in total. The van der Waals surface area contributed by atoms with Gasteiger partial charge in [0.25, 0.3) is 0 Å². The summed E-state index contributed by atoms with van der Waals surface area (Å²) in [6, 6.07) is 16.5. The van der Waals surface area contributed by atoms with Crippen LogP contribution in [0.5, 0.6) is 0 Å². The number of nitrogens with zero attached hydrogens (tertiary/aromatic N) is 11. The third kappa shape index (κ3) is 21.6. The number of hydrogen-bond acceptors (Lipinski definition) is 15. The summed E-state index contributed by atoms with van der Waals surface area (Å²) >= 11 is 0. The third-order valence-corrected chi connectivity index (χ3v) is 16.8. The highest BCUT2D eigenvalue weighted by Gasteiger charge is 2.32. The summed E-state index contributed by atoms with van der Waals surface area (Å²) in [7, 11) is 1.69. The normalized spacial score (nSPS) is 16.0. The number of halogens is 1. The number of fused-ring (bicyclic) bond motifs is 1. The number of aryl methyl sites for hydroxylation is 2. The van der Waals surface area contributed by atoms with Crippen LogP contribution < -0.4 is 36.9 Å². The average Bonchev–Trinajstić information content (AvgIpc) is 1.74. The highest BCUT2D eigenvalue weighted by molar-refractivity contribution is 6.01. The van der Waals surface area contributed by atoms with Crippen LogP contribution in [0.3, 0.4) is 0 Å². The highest BCUT2D eigenvalue weighted by atomic mass is 19.1. The van der Waals surface area contributed by atoms with Crippen LogP contribution in [0.1, 0.15) is 106 Å². The molecular weight excluding hydrogens is 1190 g/mol. The zero-order chi connectivity index (χ0) is 66.2. The molecule has 3 fully saturated rings. The lowest BCUT2D eigenvalue weighted by molar-refractivity contribution is -0.557. The van der Waals surface area contributed by atoms with E-state index in [0.29, 0.717) is 98.7 Å². The number of nitrogens with two attached hydrogens (primary N) is 1. The fourth-order valence-corrected chi connectivity index (χ4v) is 11.5. The second-order valence-electron chi connectivity index (χ2n) is 24.4. The summed E-state index contributed by atoms with van der Waals surface area (Å²) in [6.45, 7) is 13.1. The van der Waals surface area contributed by atoms with Crippen molar-refractivity contribution >= 4 is 70.2 Å². The lowest BCUT2D eigenvalue weighted by Gasteiger charge is -2.37. The maximum Gasteiger partial charge on any atom is 0.410 e. The van der Waals surface area contributed by atoms with Gasteiger partial charge in [-0.15, -0.1) is 0 Å². The van der Waals surface area contributed by atoms with Crippen molar-refractivity contribution in [2.75, 3.05) is 101 Å². The standard InChI is InChI=1S/C67H88FN15O10/c1-45(2)57(38-74-62(84)21-28-90-30-32-92-33-31-91-29-24-75-78-70)64(86)77-59(9-6-22-72-66(69)88)65(87)76-52-13-11-48(12-14-52)44-93-67(89)79(5)53-19-26-81(27-20-53)61-36-60-56(35-58(61)68)63(85)51(43-83(60)54-16-17-54)42-80(39-49-18-23-71-47(4)34-49)40-50-8-7-25-82(41-50)55-15-10-46(3)73-37-55/h10-15,18,23,34-38,40,43,45,50,53-54,57,59H,6-9,16-17,19-22,24-33,39,41-42,44H2,1-5H3,(H4-,69,72,76,77,86,87,88)/p+1/t50?,57?,59-/m0/s1. The fraction of sp³-hybridized carbons (Fsp3) is 0.522. The third-order valence-electron chi connectivity index (χ3n) is 16.8. The van der Waals surface area contributed by atoms with Gasteiger partial charge >= 0.3 is 12.1 Å². The van der Waals surface area contributed by atoms with Crippen molar-refractivity contribution in [2.45, 2.75) is 123 Å². The molecule has 93 heavy (non-hydrogen) atoms. The molecule has 8 rings (SSSR count). The number of piperidine rings is 2. The van der Waals surface area contributed by atoms with Crippen LogP contribution in [0.2, 0.25) is 0 Å². The Hall–Kier alpha value is -8.84. The predicted octanol–water partition coefficient (Wildman–Crippen LogP) is 8.31. The first-order valence-corrected chi connectivity index (χ1v) is 32.2. The van der Waals surface area contributed by atoms with E-state index in [-0.39, 0.29) is 81.7 Å².